The second-order valence-corrected chi connectivity index (χ2v) is 7.09. The van der Waals surface area contributed by atoms with E-state index in [1.165, 1.54) is 12.8 Å². The third-order valence-electron chi connectivity index (χ3n) is 5.23. The van der Waals surface area contributed by atoms with Crippen molar-refractivity contribution in [2.45, 2.75) is 44.6 Å². The number of nitrogens with zero attached hydrogens (tertiary/aromatic N) is 1. The summed E-state index contributed by atoms with van der Waals surface area (Å²) in [4.78, 5) is 32.1. The summed E-state index contributed by atoms with van der Waals surface area (Å²) >= 11 is 0. The van der Waals surface area contributed by atoms with Crippen LogP contribution in [-0.2, 0) is 6.42 Å². The van der Waals surface area contributed by atoms with Crippen LogP contribution in [0.4, 0.5) is 5.69 Å². The highest BCUT2D eigenvalue weighted by Gasteiger charge is 2.26. The number of nitrogens with one attached hydrogen (secondary N) is 3. The van der Waals surface area contributed by atoms with E-state index in [2.05, 4.69) is 20.6 Å². The number of hydrogen-bond acceptors (Lipinski definition) is 5. The van der Waals surface area contributed by atoms with Crippen molar-refractivity contribution in [3.05, 3.63) is 41.5 Å². The quantitative estimate of drug-likeness (QED) is 0.728. The van der Waals surface area contributed by atoms with Crippen molar-refractivity contribution in [3.63, 3.8) is 0 Å². The van der Waals surface area contributed by atoms with Crippen LogP contribution in [0.15, 0.2) is 24.7 Å². The van der Waals surface area contributed by atoms with Crippen molar-refractivity contribution in [2.24, 2.45) is 0 Å². The van der Waals surface area contributed by atoms with Crippen LogP contribution in [0.2, 0.25) is 0 Å². The third-order valence-corrected chi connectivity index (χ3v) is 5.23. The number of hydrogen-bond donors (Lipinski definition) is 3. The number of aromatic nitrogens is 2. The lowest BCUT2D eigenvalue weighted by atomic mass is 9.93. The molecule has 2 aliphatic rings. The van der Waals surface area contributed by atoms with Gasteiger partial charge in [-0.05, 0) is 38.6 Å². The summed E-state index contributed by atoms with van der Waals surface area (Å²) in [6, 6.07) is 2.25. The van der Waals surface area contributed by atoms with E-state index >= 15 is 0 Å². The molecule has 0 bridgehead atoms. The molecule has 1 aliphatic carbocycles. The van der Waals surface area contributed by atoms with Crippen LogP contribution < -0.4 is 15.4 Å². The maximum atomic E-state index is 12.8. The zero-order valence-electron chi connectivity index (χ0n) is 15.2. The van der Waals surface area contributed by atoms with Gasteiger partial charge >= 0.3 is 0 Å². The summed E-state index contributed by atoms with van der Waals surface area (Å²) in [5.74, 6) is 0.291. The van der Waals surface area contributed by atoms with Crippen LogP contribution >= 0.6 is 0 Å². The number of H-pyrrole nitrogens is 1. The average Bonchev–Trinajstić information content (AvgIpc) is 3.33. The zero-order valence-corrected chi connectivity index (χ0v) is 15.2. The van der Waals surface area contributed by atoms with Gasteiger partial charge in [0.05, 0.1) is 23.9 Å². The van der Waals surface area contributed by atoms with E-state index in [9.17, 15) is 9.59 Å². The maximum absolute atomic E-state index is 12.8. The van der Waals surface area contributed by atoms with Gasteiger partial charge in [-0.2, -0.15) is 0 Å². The summed E-state index contributed by atoms with van der Waals surface area (Å²) in [5, 5.41) is 6.29. The Morgan fingerprint density at radius 3 is 3.11 bits per heavy atom. The second kappa shape index (κ2) is 7.92. The molecule has 7 nitrogen and oxygen atoms in total. The highest BCUT2D eigenvalue weighted by molar-refractivity contribution is 6.13. The Morgan fingerprint density at radius 1 is 1.33 bits per heavy atom. The largest absolute Gasteiger partial charge is 0.491 e. The molecule has 1 saturated heterocycles. The van der Waals surface area contributed by atoms with E-state index < -0.39 is 0 Å². The van der Waals surface area contributed by atoms with Crippen LogP contribution in [-0.4, -0.2) is 40.9 Å². The molecule has 27 heavy (non-hydrogen) atoms. The number of carbonyl (C=O) groups excluding carboxylic acids is 2. The number of aromatic amines is 1. The van der Waals surface area contributed by atoms with E-state index in [4.69, 9.17) is 4.74 Å². The van der Waals surface area contributed by atoms with Gasteiger partial charge in [-0.15, -0.1) is 0 Å². The monoisotopic (exact) mass is 368 g/mol. The Balaban J connectivity index is 1.44. The molecule has 1 atom stereocenters. The fraction of sp³-hybridized carbons (Fsp3) is 0.450. The Bertz CT molecular complexity index is 840. The van der Waals surface area contributed by atoms with Crippen LogP contribution in [0.25, 0.3) is 0 Å². The molecule has 142 valence electrons. The molecule has 0 spiro atoms. The Kier molecular flexibility index (Phi) is 5.20. The predicted molar refractivity (Wildman–Crippen MR) is 101 cm³/mol. The minimum Gasteiger partial charge on any atom is -0.491 e. The minimum absolute atomic E-state index is 0.0226. The summed E-state index contributed by atoms with van der Waals surface area (Å²) in [7, 11) is 0. The number of Topliss-reactive ketones (excluding diaryl/α,β-unsaturated/α-hetero) is 1. The first-order chi connectivity index (χ1) is 13.2. The molecule has 2 aromatic heterocycles. The first kappa shape index (κ1) is 17.7. The molecule has 1 aliphatic heterocycles. The molecule has 0 radical (unpaired) electrons. The number of aryl methyl sites for hydroxylation is 1. The number of anilines is 1. The fourth-order valence-corrected chi connectivity index (χ4v) is 3.82. The van der Waals surface area contributed by atoms with E-state index in [0.29, 0.717) is 41.6 Å². The Morgan fingerprint density at radius 2 is 2.26 bits per heavy atom. The smallest absolute Gasteiger partial charge is 0.258 e. The standard InChI is InChI=1S/C20H24N4O3/c25-17-5-1-4-15-19(17)14(11-23-15)20(26)24-16-12-21-9-6-18(16)27-10-7-13-3-2-8-22-13/h6,9,11-13,22-23H,1-5,7-8,10H2,(H,24,26)/t13-/m0/s1. The van der Waals surface area contributed by atoms with Gasteiger partial charge in [0.25, 0.3) is 5.91 Å². The van der Waals surface area contributed by atoms with Gasteiger partial charge in [0, 0.05) is 36.6 Å². The number of fused-ring (bicyclic) bond motifs is 1. The van der Waals surface area contributed by atoms with Crippen molar-refractivity contribution in [1.29, 1.82) is 0 Å². The van der Waals surface area contributed by atoms with Gasteiger partial charge in [0.15, 0.2) is 5.78 Å². The van der Waals surface area contributed by atoms with Gasteiger partial charge < -0.3 is 20.4 Å². The third kappa shape index (κ3) is 3.88. The normalized spacial score (nSPS) is 19.0. The molecule has 0 aromatic carbocycles. The minimum atomic E-state index is -0.321. The lowest BCUT2D eigenvalue weighted by molar-refractivity contribution is 0.0956. The van der Waals surface area contributed by atoms with Gasteiger partial charge in [-0.1, -0.05) is 0 Å². The highest BCUT2D eigenvalue weighted by Crippen LogP contribution is 2.27. The molecular weight excluding hydrogens is 344 g/mol. The number of rotatable bonds is 6. The first-order valence-corrected chi connectivity index (χ1v) is 9.57. The maximum Gasteiger partial charge on any atom is 0.258 e. The lowest BCUT2D eigenvalue weighted by Crippen LogP contribution is -2.23. The lowest BCUT2D eigenvalue weighted by Gasteiger charge is -2.15. The molecular formula is C20H24N4O3. The van der Waals surface area contributed by atoms with E-state index in [1.54, 1.807) is 24.7 Å². The number of ether oxygens (including phenoxy) is 1. The van der Waals surface area contributed by atoms with Crippen LogP contribution in [0, 0.1) is 0 Å². The zero-order chi connectivity index (χ0) is 18.6. The van der Waals surface area contributed by atoms with Crippen molar-refractivity contribution >= 4 is 17.4 Å². The van der Waals surface area contributed by atoms with Gasteiger partial charge in [0.2, 0.25) is 0 Å². The molecule has 1 fully saturated rings. The van der Waals surface area contributed by atoms with E-state index in [-0.39, 0.29) is 11.7 Å². The molecule has 7 heteroatoms. The molecule has 0 saturated carbocycles. The van der Waals surface area contributed by atoms with E-state index in [1.807, 2.05) is 0 Å². The fourth-order valence-electron chi connectivity index (χ4n) is 3.82. The summed E-state index contributed by atoms with van der Waals surface area (Å²) in [6.45, 7) is 1.64. The average molecular weight is 368 g/mol. The SMILES string of the molecule is O=C(Nc1cnccc1OCC[C@@H]1CCCN1)c1c[nH]c2c1C(=O)CCC2. The summed E-state index contributed by atoms with van der Waals surface area (Å²) < 4.78 is 5.88. The van der Waals surface area contributed by atoms with Gasteiger partial charge in [-0.25, -0.2) is 0 Å². The van der Waals surface area contributed by atoms with Crippen LogP contribution in [0.1, 0.15) is 58.5 Å². The number of ketones is 1. The van der Waals surface area contributed by atoms with Gasteiger partial charge in [0.1, 0.15) is 11.4 Å². The van der Waals surface area contributed by atoms with Crippen LogP contribution in [0.5, 0.6) is 5.75 Å². The number of carbonyl (C=O) groups is 2. The summed E-state index contributed by atoms with van der Waals surface area (Å²) in [6.07, 6.45) is 10.2. The van der Waals surface area contributed by atoms with Crippen molar-refractivity contribution in [1.82, 2.24) is 15.3 Å². The molecule has 4 rings (SSSR count). The van der Waals surface area contributed by atoms with Crippen molar-refractivity contribution in [2.75, 3.05) is 18.5 Å². The molecule has 3 heterocycles. The highest BCUT2D eigenvalue weighted by atomic mass is 16.5. The Labute approximate surface area is 157 Å². The second-order valence-electron chi connectivity index (χ2n) is 7.09. The van der Waals surface area contributed by atoms with Gasteiger partial charge in [-0.3, -0.25) is 14.6 Å². The molecule has 0 unspecified atom stereocenters. The first-order valence-electron chi connectivity index (χ1n) is 9.57. The molecule has 3 N–H and O–H groups in total. The van der Waals surface area contributed by atoms with Crippen molar-refractivity contribution in [3.8, 4) is 5.75 Å². The van der Waals surface area contributed by atoms with E-state index in [0.717, 1.165) is 31.5 Å². The summed E-state index contributed by atoms with van der Waals surface area (Å²) in [5.41, 5.74) is 2.28. The number of pyridine rings is 1. The topological polar surface area (TPSA) is 96.1 Å². The Hall–Kier alpha value is -2.67. The van der Waals surface area contributed by atoms with Crippen LogP contribution in [0.3, 0.4) is 0 Å². The predicted octanol–water partition coefficient (Wildman–Crippen LogP) is 2.70. The molecule has 1 amide bonds. The number of amides is 1. The van der Waals surface area contributed by atoms with Crippen molar-refractivity contribution < 1.29 is 14.3 Å². The molecule has 2 aromatic rings.